The highest BCUT2D eigenvalue weighted by atomic mass is 19.2. The van der Waals surface area contributed by atoms with E-state index in [1.165, 1.54) is 25.4 Å². The number of imidazole rings is 1. The van der Waals surface area contributed by atoms with Gasteiger partial charge in [0.2, 0.25) is 5.82 Å². The number of fused-ring (bicyclic) bond motifs is 1. The van der Waals surface area contributed by atoms with Crippen molar-refractivity contribution in [3.05, 3.63) is 71.7 Å². The van der Waals surface area contributed by atoms with Crippen LogP contribution in [-0.4, -0.2) is 39.5 Å². The smallest absolute Gasteiger partial charge is 0.251 e. The van der Waals surface area contributed by atoms with Gasteiger partial charge in [0.25, 0.3) is 5.91 Å². The van der Waals surface area contributed by atoms with E-state index in [9.17, 15) is 13.6 Å². The van der Waals surface area contributed by atoms with E-state index in [1.54, 1.807) is 28.9 Å². The highest BCUT2D eigenvalue weighted by Crippen LogP contribution is 2.31. The van der Waals surface area contributed by atoms with Gasteiger partial charge in [-0.15, -0.1) is 0 Å². The zero-order valence-electron chi connectivity index (χ0n) is 19.2. The number of ether oxygens (including phenoxy) is 1. The predicted octanol–water partition coefficient (Wildman–Crippen LogP) is 3.82. The molecule has 4 aromatic rings. The number of hydrogen-bond donors (Lipinski definition) is 3. The van der Waals surface area contributed by atoms with Crippen molar-refractivity contribution < 1.29 is 18.3 Å². The first-order chi connectivity index (χ1) is 16.9. The first kappa shape index (κ1) is 22.7. The molecule has 1 aliphatic rings. The molecule has 1 saturated carbocycles. The third kappa shape index (κ3) is 4.17. The average molecular weight is 479 g/mol. The van der Waals surface area contributed by atoms with Gasteiger partial charge in [-0.05, 0) is 48.7 Å². The molecule has 0 bridgehead atoms. The molecule has 1 amide bonds. The first-order valence-corrected chi connectivity index (χ1v) is 11.2. The van der Waals surface area contributed by atoms with Gasteiger partial charge in [-0.3, -0.25) is 9.20 Å². The highest BCUT2D eigenvalue weighted by Gasteiger charge is 2.35. The van der Waals surface area contributed by atoms with Gasteiger partial charge in [-0.25, -0.2) is 14.4 Å². The monoisotopic (exact) mass is 478 g/mol. The lowest BCUT2D eigenvalue weighted by molar-refractivity contribution is 0.0949. The summed E-state index contributed by atoms with van der Waals surface area (Å²) < 4.78 is 35.5. The number of aromatic nitrogens is 3. The predicted molar refractivity (Wildman–Crippen MR) is 128 cm³/mol. The van der Waals surface area contributed by atoms with Crippen LogP contribution in [0.4, 0.5) is 20.3 Å². The van der Waals surface area contributed by atoms with Gasteiger partial charge in [0, 0.05) is 41.3 Å². The molecule has 1 aliphatic carbocycles. The van der Waals surface area contributed by atoms with E-state index in [1.807, 2.05) is 13.0 Å². The van der Waals surface area contributed by atoms with E-state index in [4.69, 9.17) is 10.5 Å². The molecule has 2 aromatic carbocycles. The number of nitrogens with two attached hydrogens (primary N) is 1. The van der Waals surface area contributed by atoms with Crippen LogP contribution in [0.2, 0.25) is 0 Å². The minimum atomic E-state index is -1.06. The number of aryl methyl sites for hydroxylation is 1. The van der Waals surface area contributed by atoms with Gasteiger partial charge in [0.05, 0.1) is 19.0 Å². The van der Waals surface area contributed by atoms with E-state index in [0.29, 0.717) is 34.8 Å². The maximum Gasteiger partial charge on any atom is 0.251 e. The van der Waals surface area contributed by atoms with Crippen molar-refractivity contribution in [3.63, 3.8) is 0 Å². The molecule has 8 nitrogen and oxygen atoms in total. The van der Waals surface area contributed by atoms with E-state index in [0.717, 1.165) is 12.0 Å². The molecule has 1 fully saturated rings. The fourth-order valence-electron chi connectivity index (χ4n) is 4.04. The molecule has 0 saturated heterocycles. The third-order valence-corrected chi connectivity index (χ3v) is 6.12. The van der Waals surface area contributed by atoms with Crippen molar-refractivity contribution in [2.45, 2.75) is 31.8 Å². The summed E-state index contributed by atoms with van der Waals surface area (Å²) in [6.07, 6.45) is 6.07. The summed E-state index contributed by atoms with van der Waals surface area (Å²) in [5, 5.41) is 6.17. The Kier molecular flexibility index (Phi) is 5.81. The molecular weight excluding hydrogens is 454 g/mol. The molecule has 0 radical (unpaired) electrons. The van der Waals surface area contributed by atoms with Crippen LogP contribution in [0, 0.1) is 11.6 Å². The standard InChI is InChI=1S/C25H24F2N6O2/c1-3-13-10-14(4-5-15(13)25(34)32-18-11-17(18)28)31-23-24-30-12-19(33(24)9-8-29-23)16-6-7-20(35-2)22(27)21(16)26/h4-10,12,17-18H,3,11,28H2,1-2H3,(H,29,31)(H,32,34)/t17-,18-/m1/s1. The number of nitrogens with one attached hydrogen (secondary N) is 2. The largest absolute Gasteiger partial charge is 0.494 e. The molecule has 2 atom stereocenters. The van der Waals surface area contributed by atoms with Crippen LogP contribution in [0.15, 0.2) is 48.9 Å². The van der Waals surface area contributed by atoms with Crippen LogP contribution >= 0.6 is 0 Å². The van der Waals surface area contributed by atoms with E-state index in [2.05, 4.69) is 20.6 Å². The number of hydrogen-bond acceptors (Lipinski definition) is 6. The van der Waals surface area contributed by atoms with Gasteiger partial charge in [-0.2, -0.15) is 4.39 Å². The molecule has 0 unspecified atom stereocenters. The molecule has 4 N–H and O–H groups in total. The number of halogens is 2. The second kappa shape index (κ2) is 8.95. The number of rotatable bonds is 7. The first-order valence-electron chi connectivity index (χ1n) is 11.2. The zero-order chi connectivity index (χ0) is 24.7. The van der Waals surface area contributed by atoms with Crippen LogP contribution in [0.5, 0.6) is 5.75 Å². The quantitative estimate of drug-likeness (QED) is 0.373. The molecule has 0 aliphatic heterocycles. The van der Waals surface area contributed by atoms with Crippen LogP contribution in [0.25, 0.3) is 16.9 Å². The minimum Gasteiger partial charge on any atom is -0.494 e. The van der Waals surface area contributed by atoms with Crippen molar-refractivity contribution in [2.24, 2.45) is 5.73 Å². The Labute approximate surface area is 200 Å². The number of carbonyl (C=O) groups excluding carboxylic acids is 1. The summed E-state index contributed by atoms with van der Waals surface area (Å²) in [4.78, 5) is 21.4. The van der Waals surface area contributed by atoms with Crippen molar-refractivity contribution in [1.82, 2.24) is 19.7 Å². The van der Waals surface area contributed by atoms with Crippen LogP contribution in [0.1, 0.15) is 29.3 Å². The Bertz CT molecular complexity index is 1440. The molecular formula is C25H24F2N6O2. The lowest BCUT2D eigenvalue weighted by Gasteiger charge is -2.13. The minimum absolute atomic E-state index is 0.0267. The number of carbonyl (C=O) groups is 1. The van der Waals surface area contributed by atoms with Crippen molar-refractivity contribution in [1.29, 1.82) is 0 Å². The highest BCUT2D eigenvalue weighted by molar-refractivity contribution is 5.96. The van der Waals surface area contributed by atoms with E-state index in [-0.39, 0.29) is 29.3 Å². The molecule has 5 rings (SSSR count). The second-order valence-electron chi connectivity index (χ2n) is 8.39. The number of nitrogens with zero attached hydrogens (tertiary/aromatic N) is 3. The van der Waals surface area contributed by atoms with Crippen LogP contribution in [-0.2, 0) is 6.42 Å². The summed E-state index contributed by atoms with van der Waals surface area (Å²) in [7, 11) is 1.28. The lowest BCUT2D eigenvalue weighted by Crippen LogP contribution is -2.30. The Hall–Kier alpha value is -4.05. The maximum absolute atomic E-state index is 14.7. The summed E-state index contributed by atoms with van der Waals surface area (Å²) in [6, 6.07) is 8.30. The fourth-order valence-corrected chi connectivity index (χ4v) is 4.04. The van der Waals surface area contributed by atoms with Gasteiger partial charge < -0.3 is 21.1 Å². The summed E-state index contributed by atoms with van der Waals surface area (Å²) in [5.74, 6) is -1.97. The Morgan fingerprint density at radius 3 is 2.74 bits per heavy atom. The molecule has 2 aromatic heterocycles. The van der Waals surface area contributed by atoms with Crippen LogP contribution in [0.3, 0.4) is 0 Å². The van der Waals surface area contributed by atoms with Gasteiger partial charge in [-0.1, -0.05) is 6.92 Å². The van der Waals surface area contributed by atoms with E-state index >= 15 is 0 Å². The van der Waals surface area contributed by atoms with Crippen LogP contribution < -0.4 is 21.1 Å². The van der Waals surface area contributed by atoms with Gasteiger partial charge in [0.1, 0.15) is 0 Å². The van der Waals surface area contributed by atoms with Crippen molar-refractivity contribution in [3.8, 4) is 17.0 Å². The number of methoxy groups -OCH3 is 1. The number of benzene rings is 2. The summed E-state index contributed by atoms with van der Waals surface area (Å²) >= 11 is 0. The molecule has 35 heavy (non-hydrogen) atoms. The topological polar surface area (TPSA) is 107 Å². The SMILES string of the molecule is CCc1cc(Nc2nccn3c(-c4ccc(OC)c(F)c4F)cnc23)ccc1C(=O)N[C@@H]1C[C@H]1N. The van der Waals surface area contributed by atoms with Crippen molar-refractivity contribution >= 4 is 23.1 Å². The molecule has 0 spiro atoms. The molecule has 10 heteroatoms. The Morgan fingerprint density at radius 2 is 2.03 bits per heavy atom. The van der Waals surface area contributed by atoms with Gasteiger partial charge >= 0.3 is 0 Å². The molecule has 2 heterocycles. The normalized spacial score (nSPS) is 16.8. The Morgan fingerprint density at radius 1 is 1.23 bits per heavy atom. The zero-order valence-corrected chi connectivity index (χ0v) is 19.2. The maximum atomic E-state index is 14.7. The van der Waals surface area contributed by atoms with E-state index < -0.39 is 11.6 Å². The third-order valence-electron chi connectivity index (χ3n) is 6.12. The summed E-state index contributed by atoms with van der Waals surface area (Å²) in [6.45, 7) is 1.97. The fraction of sp³-hybridized carbons (Fsp3) is 0.240. The van der Waals surface area contributed by atoms with Crippen molar-refractivity contribution in [2.75, 3.05) is 12.4 Å². The summed E-state index contributed by atoms with van der Waals surface area (Å²) in [5.41, 5.74) is 8.83. The van der Waals surface area contributed by atoms with Gasteiger partial charge in [0.15, 0.2) is 23.0 Å². The lowest BCUT2D eigenvalue weighted by atomic mass is 10.0. The number of amides is 1. The second-order valence-corrected chi connectivity index (χ2v) is 8.39. The number of anilines is 2. The average Bonchev–Trinajstić information content (AvgIpc) is 3.37. The molecule has 180 valence electrons. The Balaban J connectivity index is 1.45.